The zero-order valence-electron chi connectivity index (χ0n) is 14.7. The van der Waals surface area contributed by atoms with E-state index in [1.165, 1.54) is 17.1 Å². The molecule has 0 saturated carbocycles. The lowest BCUT2D eigenvalue weighted by atomic mass is 10.0. The fraction of sp³-hybridized carbons (Fsp3) is 0.222. The topological polar surface area (TPSA) is 72.7 Å². The number of nitrogens with one attached hydrogen (secondary N) is 1. The number of carbonyl (C=O) groups is 1. The predicted molar refractivity (Wildman–Crippen MR) is 105 cm³/mol. The normalized spacial score (nSPS) is 12.0. The molecule has 1 heterocycles. The van der Waals surface area contributed by atoms with Gasteiger partial charge in [0.2, 0.25) is 0 Å². The van der Waals surface area contributed by atoms with Gasteiger partial charge in [0, 0.05) is 27.9 Å². The third kappa shape index (κ3) is 4.64. The molecular formula is C18H17ClFN5OS. The number of halogens is 2. The average Bonchev–Trinajstić information content (AvgIpc) is 3.16. The summed E-state index contributed by atoms with van der Waals surface area (Å²) < 4.78 is 15.8. The molecule has 0 aliphatic rings. The molecule has 3 aromatic rings. The molecule has 0 aliphatic carbocycles. The van der Waals surface area contributed by atoms with Crippen molar-refractivity contribution in [1.82, 2.24) is 25.5 Å². The average molecular weight is 406 g/mol. The molecule has 0 radical (unpaired) electrons. The maximum absolute atomic E-state index is 14.4. The highest BCUT2D eigenvalue weighted by Gasteiger charge is 2.15. The first kappa shape index (κ1) is 19.3. The monoisotopic (exact) mass is 405 g/mol. The van der Waals surface area contributed by atoms with Gasteiger partial charge in [-0.1, -0.05) is 11.6 Å². The molecule has 0 bridgehead atoms. The Morgan fingerprint density at radius 1 is 1.33 bits per heavy atom. The Bertz CT molecular complexity index is 951. The van der Waals surface area contributed by atoms with Crippen LogP contribution in [0.5, 0.6) is 0 Å². The van der Waals surface area contributed by atoms with Crippen LogP contribution in [0.3, 0.4) is 0 Å². The number of aromatic nitrogens is 4. The minimum Gasteiger partial charge on any atom is -0.349 e. The van der Waals surface area contributed by atoms with E-state index in [1.54, 1.807) is 42.1 Å². The van der Waals surface area contributed by atoms with Crippen molar-refractivity contribution in [3.05, 3.63) is 59.1 Å². The molecule has 1 atom stereocenters. The maximum atomic E-state index is 14.4. The molecule has 9 heteroatoms. The molecule has 6 nitrogen and oxygen atoms in total. The van der Waals surface area contributed by atoms with Gasteiger partial charge in [-0.05, 0) is 65.6 Å². The Labute approximate surface area is 165 Å². The van der Waals surface area contributed by atoms with Gasteiger partial charge in [0.15, 0.2) is 0 Å². The third-order valence-corrected chi connectivity index (χ3v) is 4.90. The lowest BCUT2D eigenvalue weighted by molar-refractivity contribution is 0.0943. The predicted octanol–water partition coefficient (Wildman–Crippen LogP) is 3.60. The lowest BCUT2D eigenvalue weighted by Gasteiger charge is -2.14. The molecule has 1 N–H and O–H groups in total. The van der Waals surface area contributed by atoms with Crippen molar-refractivity contribution in [2.75, 3.05) is 12.0 Å². The lowest BCUT2D eigenvalue weighted by Crippen LogP contribution is -2.34. The first-order valence-electron chi connectivity index (χ1n) is 8.11. The smallest absolute Gasteiger partial charge is 0.251 e. The van der Waals surface area contributed by atoms with Crippen LogP contribution < -0.4 is 5.32 Å². The van der Waals surface area contributed by atoms with Gasteiger partial charge in [0.25, 0.3) is 5.91 Å². The van der Waals surface area contributed by atoms with Gasteiger partial charge < -0.3 is 5.32 Å². The first-order valence-corrected chi connectivity index (χ1v) is 9.89. The van der Waals surface area contributed by atoms with E-state index in [2.05, 4.69) is 20.8 Å². The number of rotatable bonds is 6. The highest BCUT2D eigenvalue weighted by Crippen LogP contribution is 2.28. The number of nitrogens with zero attached hydrogens (tertiary/aromatic N) is 4. The third-order valence-electron chi connectivity index (χ3n) is 3.83. The largest absolute Gasteiger partial charge is 0.349 e. The second-order valence-corrected chi connectivity index (χ2v) is 7.32. The van der Waals surface area contributed by atoms with Crippen LogP contribution in [0.1, 0.15) is 17.3 Å². The Balaban J connectivity index is 2.05. The summed E-state index contributed by atoms with van der Waals surface area (Å²) in [4.78, 5) is 12.7. The molecule has 0 fully saturated rings. The standard InChI is InChI=1S/C18H17ClFN5OS/c1-11(9-27-2)22-18(26)13-5-12(16-4-3-14(19)8-17(16)20)6-15(7-13)25-10-21-23-24-25/h3-8,10-11H,9H2,1-2H3,(H,22,26). The first-order chi connectivity index (χ1) is 13.0. The quantitative estimate of drug-likeness (QED) is 0.678. The number of benzene rings is 2. The van der Waals surface area contributed by atoms with E-state index in [-0.39, 0.29) is 11.9 Å². The van der Waals surface area contributed by atoms with Crippen LogP contribution in [0, 0.1) is 5.82 Å². The number of tetrazole rings is 1. The van der Waals surface area contributed by atoms with Crippen LogP contribution in [0.25, 0.3) is 16.8 Å². The molecule has 0 aliphatic heterocycles. The summed E-state index contributed by atoms with van der Waals surface area (Å²) in [5, 5.41) is 14.3. The maximum Gasteiger partial charge on any atom is 0.251 e. The van der Waals surface area contributed by atoms with Crippen molar-refractivity contribution >= 4 is 29.3 Å². The minimum absolute atomic E-state index is 0.0000826. The van der Waals surface area contributed by atoms with Gasteiger partial charge in [0.1, 0.15) is 12.1 Å². The van der Waals surface area contributed by atoms with Crippen LogP contribution in [0.15, 0.2) is 42.7 Å². The Morgan fingerprint density at radius 3 is 2.81 bits per heavy atom. The summed E-state index contributed by atoms with van der Waals surface area (Å²) in [6.45, 7) is 1.93. The van der Waals surface area contributed by atoms with E-state index in [0.29, 0.717) is 27.4 Å². The zero-order chi connectivity index (χ0) is 19.4. The van der Waals surface area contributed by atoms with Gasteiger partial charge in [-0.15, -0.1) is 5.10 Å². The van der Waals surface area contributed by atoms with Crippen molar-refractivity contribution < 1.29 is 9.18 Å². The van der Waals surface area contributed by atoms with Crippen molar-refractivity contribution in [3.8, 4) is 16.8 Å². The van der Waals surface area contributed by atoms with Gasteiger partial charge in [-0.25, -0.2) is 9.07 Å². The zero-order valence-corrected chi connectivity index (χ0v) is 16.3. The molecule has 2 aromatic carbocycles. The van der Waals surface area contributed by atoms with Gasteiger partial charge in [-0.3, -0.25) is 4.79 Å². The van der Waals surface area contributed by atoms with E-state index in [9.17, 15) is 9.18 Å². The van der Waals surface area contributed by atoms with Crippen molar-refractivity contribution in [3.63, 3.8) is 0 Å². The minimum atomic E-state index is -0.474. The van der Waals surface area contributed by atoms with Crippen molar-refractivity contribution in [2.24, 2.45) is 0 Å². The van der Waals surface area contributed by atoms with E-state index < -0.39 is 5.82 Å². The van der Waals surface area contributed by atoms with Gasteiger partial charge in [-0.2, -0.15) is 11.8 Å². The summed E-state index contributed by atoms with van der Waals surface area (Å²) in [6, 6.07) is 9.43. The van der Waals surface area contributed by atoms with E-state index >= 15 is 0 Å². The Kier molecular flexibility index (Phi) is 6.08. The molecule has 1 aromatic heterocycles. The molecule has 140 valence electrons. The van der Waals surface area contributed by atoms with E-state index in [4.69, 9.17) is 11.6 Å². The number of amides is 1. The van der Waals surface area contributed by atoms with Crippen LogP contribution in [0.2, 0.25) is 5.02 Å². The number of hydrogen-bond acceptors (Lipinski definition) is 5. The second kappa shape index (κ2) is 8.49. The Morgan fingerprint density at radius 2 is 2.15 bits per heavy atom. The Hall–Kier alpha value is -2.45. The van der Waals surface area contributed by atoms with Crippen molar-refractivity contribution in [2.45, 2.75) is 13.0 Å². The molecule has 0 spiro atoms. The summed E-state index contributed by atoms with van der Waals surface area (Å²) in [5.41, 5.74) is 1.80. The molecular weight excluding hydrogens is 389 g/mol. The molecule has 27 heavy (non-hydrogen) atoms. The fourth-order valence-corrected chi connectivity index (χ4v) is 3.37. The summed E-state index contributed by atoms with van der Waals surface area (Å²) >= 11 is 7.49. The van der Waals surface area contributed by atoms with Crippen LogP contribution in [-0.4, -0.2) is 44.2 Å². The molecule has 3 rings (SSSR count). The van der Waals surface area contributed by atoms with Gasteiger partial charge >= 0.3 is 0 Å². The summed E-state index contributed by atoms with van der Waals surface area (Å²) in [5.74, 6) is 0.0671. The van der Waals surface area contributed by atoms with E-state index in [0.717, 1.165) is 5.75 Å². The number of carbonyl (C=O) groups excluding carboxylic acids is 1. The van der Waals surface area contributed by atoms with Gasteiger partial charge in [0.05, 0.1) is 5.69 Å². The highest BCUT2D eigenvalue weighted by molar-refractivity contribution is 7.98. The van der Waals surface area contributed by atoms with E-state index in [1.807, 2.05) is 13.2 Å². The fourth-order valence-electron chi connectivity index (χ4n) is 2.63. The SMILES string of the molecule is CSCC(C)NC(=O)c1cc(-c2ccc(Cl)cc2F)cc(-n2cnnn2)c1. The van der Waals surface area contributed by atoms with Crippen LogP contribution in [0.4, 0.5) is 4.39 Å². The number of thioether (sulfide) groups is 1. The molecule has 0 saturated heterocycles. The van der Waals surface area contributed by atoms with Crippen LogP contribution >= 0.6 is 23.4 Å². The van der Waals surface area contributed by atoms with Crippen molar-refractivity contribution in [1.29, 1.82) is 0 Å². The summed E-state index contributed by atoms with van der Waals surface area (Å²) in [6.07, 6.45) is 3.39. The number of hydrogen-bond donors (Lipinski definition) is 1. The molecule has 1 amide bonds. The molecule has 1 unspecified atom stereocenters. The van der Waals surface area contributed by atoms with Crippen LogP contribution in [-0.2, 0) is 0 Å². The summed E-state index contributed by atoms with van der Waals surface area (Å²) in [7, 11) is 0. The highest BCUT2D eigenvalue weighted by atomic mass is 35.5. The second-order valence-electron chi connectivity index (χ2n) is 5.98.